The number of likely N-dealkylation sites (tertiary alicyclic amines) is 1. The lowest BCUT2D eigenvalue weighted by molar-refractivity contribution is 0.0649. The average Bonchev–Trinajstić information content (AvgIpc) is 3.28. The summed E-state index contributed by atoms with van der Waals surface area (Å²) in [6.45, 7) is 1.44. The number of nitrogens with zero attached hydrogens (tertiary/aromatic N) is 3. The van der Waals surface area contributed by atoms with Crippen LogP contribution in [0.15, 0.2) is 60.9 Å². The maximum atomic E-state index is 13.9. The van der Waals surface area contributed by atoms with Crippen molar-refractivity contribution in [3.05, 3.63) is 89.2 Å². The van der Waals surface area contributed by atoms with Gasteiger partial charge in [0.25, 0.3) is 5.91 Å². The molecule has 1 aliphatic rings. The van der Waals surface area contributed by atoms with Crippen molar-refractivity contribution in [2.75, 3.05) is 13.1 Å². The molecule has 0 N–H and O–H groups in total. The molecule has 1 saturated heterocycles. The Morgan fingerprint density at radius 1 is 1.03 bits per heavy atom. The minimum absolute atomic E-state index is 0.0940. The molecule has 0 saturated carbocycles. The Bertz CT molecular complexity index is 1040. The molecule has 1 fully saturated rings. The summed E-state index contributed by atoms with van der Waals surface area (Å²) in [5.74, 6) is -2.26. The molecule has 7 heteroatoms. The van der Waals surface area contributed by atoms with Gasteiger partial charge in [0.2, 0.25) is 0 Å². The molecule has 0 aliphatic carbocycles. The van der Waals surface area contributed by atoms with E-state index >= 15 is 0 Å². The number of piperidine rings is 1. The molecule has 154 valence electrons. The molecule has 4 rings (SSSR count). The van der Waals surface area contributed by atoms with Crippen molar-refractivity contribution >= 4 is 11.7 Å². The van der Waals surface area contributed by atoms with E-state index in [0.29, 0.717) is 38.0 Å². The average molecular weight is 409 g/mol. The highest BCUT2D eigenvalue weighted by Crippen LogP contribution is 2.24. The van der Waals surface area contributed by atoms with Crippen LogP contribution in [0, 0.1) is 17.6 Å². The molecule has 0 spiro atoms. The first-order valence-corrected chi connectivity index (χ1v) is 9.86. The quantitative estimate of drug-likeness (QED) is 0.600. The molecule has 0 atom stereocenters. The standard InChI is InChI=1S/C23H21F2N3O2/c24-19-6-7-21(25)20(14-19)22(29)17-8-12-27(13-9-17)23(30)18-4-2-16(3-5-18)15-28-11-1-10-26-28/h1-7,10-11,14,17H,8-9,12-13,15H2. The third kappa shape index (κ3) is 4.30. The Labute approximate surface area is 172 Å². The molecule has 2 aromatic carbocycles. The van der Waals surface area contributed by atoms with Gasteiger partial charge in [-0.3, -0.25) is 14.3 Å². The van der Waals surface area contributed by atoms with E-state index < -0.39 is 23.3 Å². The molecule has 0 unspecified atom stereocenters. The van der Waals surface area contributed by atoms with E-state index in [2.05, 4.69) is 5.10 Å². The monoisotopic (exact) mass is 409 g/mol. The van der Waals surface area contributed by atoms with Crippen molar-refractivity contribution in [3.8, 4) is 0 Å². The first-order valence-electron chi connectivity index (χ1n) is 9.86. The molecule has 5 nitrogen and oxygen atoms in total. The van der Waals surface area contributed by atoms with E-state index in [-0.39, 0.29) is 11.5 Å². The molecule has 3 aromatic rings. The summed E-state index contributed by atoms with van der Waals surface area (Å²) in [4.78, 5) is 27.1. The van der Waals surface area contributed by atoms with Gasteiger partial charge in [-0.1, -0.05) is 12.1 Å². The first kappa shape index (κ1) is 19.9. The second-order valence-electron chi connectivity index (χ2n) is 7.46. The highest BCUT2D eigenvalue weighted by Gasteiger charge is 2.29. The van der Waals surface area contributed by atoms with Crippen LogP contribution in [0.25, 0.3) is 0 Å². The second kappa shape index (κ2) is 8.57. The highest BCUT2D eigenvalue weighted by atomic mass is 19.1. The van der Waals surface area contributed by atoms with Crippen LogP contribution >= 0.6 is 0 Å². The van der Waals surface area contributed by atoms with Crippen molar-refractivity contribution < 1.29 is 18.4 Å². The number of carbonyl (C=O) groups is 2. The molecule has 30 heavy (non-hydrogen) atoms. The van der Waals surface area contributed by atoms with Crippen molar-refractivity contribution in [1.29, 1.82) is 0 Å². The Kier molecular flexibility index (Phi) is 5.70. The van der Waals surface area contributed by atoms with E-state index in [4.69, 9.17) is 0 Å². The van der Waals surface area contributed by atoms with Crippen molar-refractivity contribution in [1.82, 2.24) is 14.7 Å². The third-order valence-corrected chi connectivity index (χ3v) is 5.45. The number of benzene rings is 2. The van der Waals surface area contributed by atoms with Crippen LogP contribution in [0.1, 0.15) is 39.1 Å². The summed E-state index contributed by atoms with van der Waals surface area (Å²) in [5.41, 5.74) is 1.41. The number of rotatable bonds is 5. The fourth-order valence-corrected chi connectivity index (χ4v) is 3.77. The van der Waals surface area contributed by atoms with Gasteiger partial charge in [-0.05, 0) is 54.8 Å². The Morgan fingerprint density at radius 2 is 1.77 bits per heavy atom. The lowest BCUT2D eigenvalue weighted by Crippen LogP contribution is -2.40. The van der Waals surface area contributed by atoms with Crippen LogP contribution in [0.2, 0.25) is 0 Å². The van der Waals surface area contributed by atoms with E-state index in [9.17, 15) is 18.4 Å². The SMILES string of the molecule is O=C(c1cc(F)ccc1F)C1CCN(C(=O)c2ccc(Cn3cccn3)cc2)CC1. The van der Waals surface area contributed by atoms with Gasteiger partial charge < -0.3 is 4.90 Å². The fraction of sp³-hybridized carbons (Fsp3) is 0.261. The Morgan fingerprint density at radius 3 is 2.43 bits per heavy atom. The molecule has 1 aliphatic heterocycles. The van der Waals surface area contributed by atoms with E-state index in [1.54, 1.807) is 27.9 Å². The van der Waals surface area contributed by atoms with Crippen LogP contribution in [0.3, 0.4) is 0 Å². The molecule has 0 bridgehead atoms. The molecule has 0 radical (unpaired) electrons. The summed E-state index contributed by atoms with van der Waals surface area (Å²) in [5, 5.41) is 4.17. The lowest BCUT2D eigenvalue weighted by atomic mass is 9.88. The fourth-order valence-electron chi connectivity index (χ4n) is 3.77. The van der Waals surface area contributed by atoms with Gasteiger partial charge in [-0.15, -0.1) is 0 Å². The van der Waals surface area contributed by atoms with Crippen molar-refractivity contribution in [2.24, 2.45) is 5.92 Å². The zero-order chi connectivity index (χ0) is 21.1. The number of Topliss-reactive ketones (excluding diaryl/α,β-unsaturated/α-hetero) is 1. The van der Waals surface area contributed by atoms with Crippen molar-refractivity contribution in [2.45, 2.75) is 19.4 Å². The van der Waals surface area contributed by atoms with Gasteiger partial charge in [-0.25, -0.2) is 8.78 Å². The number of carbonyl (C=O) groups excluding carboxylic acids is 2. The number of hydrogen-bond donors (Lipinski definition) is 0. The van der Waals surface area contributed by atoms with Gasteiger partial charge in [0, 0.05) is 37.0 Å². The largest absolute Gasteiger partial charge is 0.339 e. The zero-order valence-electron chi connectivity index (χ0n) is 16.3. The maximum absolute atomic E-state index is 13.9. The van der Waals surface area contributed by atoms with Gasteiger partial charge in [0.15, 0.2) is 5.78 Å². The van der Waals surface area contributed by atoms with E-state index in [0.717, 1.165) is 23.8 Å². The smallest absolute Gasteiger partial charge is 0.253 e. The van der Waals surface area contributed by atoms with Gasteiger partial charge >= 0.3 is 0 Å². The highest BCUT2D eigenvalue weighted by molar-refractivity contribution is 5.98. The third-order valence-electron chi connectivity index (χ3n) is 5.45. The van der Waals surface area contributed by atoms with Crippen molar-refractivity contribution in [3.63, 3.8) is 0 Å². The second-order valence-corrected chi connectivity index (χ2v) is 7.46. The van der Waals surface area contributed by atoms with Gasteiger partial charge in [0.05, 0.1) is 12.1 Å². The summed E-state index contributed by atoms with van der Waals surface area (Å²) in [7, 11) is 0. The molecule has 1 amide bonds. The number of aromatic nitrogens is 2. The van der Waals surface area contributed by atoms with E-state index in [1.807, 2.05) is 24.4 Å². The Hall–Kier alpha value is -3.35. The zero-order valence-corrected chi connectivity index (χ0v) is 16.3. The number of halogens is 2. The van der Waals surface area contributed by atoms with Crippen LogP contribution < -0.4 is 0 Å². The first-order chi connectivity index (χ1) is 14.5. The maximum Gasteiger partial charge on any atom is 0.253 e. The lowest BCUT2D eigenvalue weighted by Gasteiger charge is -2.31. The predicted molar refractivity (Wildman–Crippen MR) is 107 cm³/mol. The summed E-state index contributed by atoms with van der Waals surface area (Å²) in [6, 6.07) is 12.1. The van der Waals surface area contributed by atoms with Gasteiger partial charge in [0.1, 0.15) is 11.6 Å². The Balaban J connectivity index is 1.36. The predicted octanol–water partition coefficient (Wildman–Crippen LogP) is 3.94. The molecule has 1 aromatic heterocycles. The van der Waals surface area contributed by atoms with Crippen LogP contribution in [0.4, 0.5) is 8.78 Å². The minimum Gasteiger partial charge on any atom is -0.339 e. The van der Waals surface area contributed by atoms with Crippen LogP contribution in [-0.2, 0) is 6.54 Å². The topological polar surface area (TPSA) is 55.2 Å². The number of hydrogen-bond acceptors (Lipinski definition) is 3. The van der Waals surface area contributed by atoms with E-state index in [1.165, 1.54) is 0 Å². The summed E-state index contributed by atoms with van der Waals surface area (Å²) in [6.07, 6.45) is 4.45. The van der Waals surface area contributed by atoms with Crippen LogP contribution in [-0.4, -0.2) is 39.5 Å². The number of ketones is 1. The summed E-state index contributed by atoms with van der Waals surface area (Å²) < 4.78 is 29.1. The number of amides is 1. The normalized spacial score (nSPS) is 14.7. The molecule has 2 heterocycles. The van der Waals surface area contributed by atoms with Gasteiger partial charge in [-0.2, -0.15) is 5.10 Å². The van der Waals surface area contributed by atoms with Crippen LogP contribution in [0.5, 0.6) is 0 Å². The molecular weight excluding hydrogens is 388 g/mol. The summed E-state index contributed by atoms with van der Waals surface area (Å²) >= 11 is 0. The molecular formula is C23H21F2N3O2. The minimum atomic E-state index is -0.713.